The van der Waals surface area contributed by atoms with Crippen LogP contribution in [0.4, 0.5) is 4.79 Å². The SMILES string of the molecule is CN1C(=O)C2N=C(SCC#N)[N+](C)=C2N(C)C1=O. The highest BCUT2D eigenvalue weighted by Gasteiger charge is 2.51. The van der Waals surface area contributed by atoms with Crippen molar-refractivity contribution in [1.29, 1.82) is 5.26 Å². The average molecular weight is 266 g/mol. The molecule has 2 aliphatic heterocycles. The molecule has 1 unspecified atom stereocenters. The van der Waals surface area contributed by atoms with Crippen LogP contribution in [0.1, 0.15) is 0 Å². The van der Waals surface area contributed by atoms with Crippen molar-refractivity contribution in [2.75, 3.05) is 26.9 Å². The van der Waals surface area contributed by atoms with Crippen LogP contribution in [0.2, 0.25) is 0 Å². The van der Waals surface area contributed by atoms with Gasteiger partial charge in [-0.3, -0.25) is 9.69 Å². The number of thioether (sulfide) groups is 1. The van der Waals surface area contributed by atoms with Gasteiger partial charge in [0, 0.05) is 7.05 Å². The number of aliphatic imine (C=N–C) groups is 1. The highest BCUT2D eigenvalue weighted by Crippen LogP contribution is 2.21. The normalized spacial score (nSPS) is 23.2. The van der Waals surface area contributed by atoms with E-state index in [2.05, 4.69) is 4.99 Å². The van der Waals surface area contributed by atoms with Crippen molar-refractivity contribution in [3.05, 3.63) is 0 Å². The van der Waals surface area contributed by atoms with Crippen molar-refractivity contribution in [2.45, 2.75) is 6.04 Å². The van der Waals surface area contributed by atoms with E-state index >= 15 is 0 Å². The third kappa shape index (κ3) is 1.67. The van der Waals surface area contributed by atoms with Gasteiger partial charge in [-0.05, 0) is 11.8 Å². The van der Waals surface area contributed by atoms with E-state index in [0.717, 1.165) is 4.90 Å². The van der Waals surface area contributed by atoms with Crippen molar-refractivity contribution in [1.82, 2.24) is 9.80 Å². The van der Waals surface area contributed by atoms with Gasteiger partial charge in [0.2, 0.25) is 0 Å². The summed E-state index contributed by atoms with van der Waals surface area (Å²) in [6, 6.07) is 0.955. The van der Waals surface area contributed by atoms with Gasteiger partial charge in [-0.25, -0.2) is 14.3 Å². The number of amides is 3. The molecule has 0 saturated carbocycles. The number of likely N-dealkylation sites (N-methyl/N-ethyl adjacent to an activating group) is 2. The Kier molecular flexibility index (Phi) is 3.09. The summed E-state index contributed by atoms with van der Waals surface area (Å²) >= 11 is 1.25. The molecule has 0 aromatic carbocycles. The highest BCUT2D eigenvalue weighted by molar-refractivity contribution is 8.13. The molecule has 94 valence electrons. The molecule has 7 nitrogen and oxygen atoms in total. The van der Waals surface area contributed by atoms with Crippen molar-refractivity contribution in [3.8, 4) is 6.07 Å². The van der Waals surface area contributed by atoms with E-state index in [9.17, 15) is 9.59 Å². The molecular weight excluding hydrogens is 254 g/mol. The number of hydrogen-bond donors (Lipinski definition) is 0. The summed E-state index contributed by atoms with van der Waals surface area (Å²) in [7, 11) is 4.78. The lowest BCUT2D eigenvalue weighted by atomic mass is 10.2. The van der Waals surface area contributed by atoms with Crippen LogP contribution in [-0.4, -0.2) is 70.3 Å². The Hall–Kier alpha value is -1.88. The third-order valence-corrected chi connectivity index (χ3v) is 3.77. The lowest BCUT2D eigenvalue weighted by molar-refractivity contribution is -0.367. The molecule has 3 amide bonds. The molecule has 1 saturated heterocycles. The molecule has 18 heavy (non-hydrogen) atoms. The van der Waals surface area contributed by atoms with Gasteiger partial charge in [0.25, 0.3) is 23.0 Å². The summed E-state index contributed by atoms with van der Waals surface area (Å²) in [5.74, 6) is 0.459. The van der Waals surface area contributed by atoms with Gasteiger partial charge in [-0.15, -0.1) is 4.99 Å². The van der Waals surface area contributed by atoms with Gasteiger partial charge in [-0.1, -0.05) is 0 Å². The van der Waals surface area contributed by atoms with Crippen molar-refractivity contribution < 1.29 is 14.2 Å². The summed E-state index contributed by atoms with van der Waals surface area (Å²) in [5, 5.41) is 9.15. The number of urea groups is 1. The first-order valence-electron chi connectivity index (χ1n) is 5.22. The van der Waals surface area contributed by atoms with Crippen molar-refractivity contribution in [2.24, 2.45) is 4.99 Å². The number of nitrogens with zero attached hydrogens (tertiary/aromatic N) is 5. The van der Waals surface area contributed by atoms with Crippen molar-refractivity contribution >= 4 is 34.7 Å². The van der Waals surface area contributed by atoms with E-state index in [4.69, 9.17) is 5.26 Å². The predicted molar refractivity (Wildman–Crippen MR) is 66.4 cm³/mol. The molecule has 8 heteroatoms. The molecule has 2 rings (SSSR count). The number of carbonyl (C=O) groups excluding carboxylic acids is 2. The quantitative estimate of drug-likeness (QED) is 0.602. The van der Waals surface area contributed by atoms with Crippen LogP contribution in [0.15, 0.2) is 4.99 Å². The van der Waals surface area contributed by atoms with Crippen LogP contribution in [-0.2, 0) is 4.79 Å². The Labute approximate surface area is 108 Å². The van der Waals surface area contributed by atoms with E-state index in [1.54, 1.807) is 18.7 Å². The van der Waals surface area contributed by atoms with E-state index < -0.39 is 6.04 Å². The number of fused-ring (bicyclic) bond motifs is 1. The van der Waals surface area contributed by atoms with E-state index in [1.165, 1.54) is 23.7 Å². The molecule has 0 aliphatic carbocycles. The summed E-state index contributed by atoms with van der Waals surface area (Å²) in [4.78, 5) is 30.5. The zero-order chi connectivity index (χ0) is 13.4. The molecule has 0 aromatic heterocycles. The first-order chi connectivity index (χ1) is 8.49. The number of carbonyl (C=O) groups is 2. The van der Waals surface area contributed by atoms with Gasteiger partial charge in [0.1, 0.15) is 0 Å². The zero-order valence-corrected chi connectivity index (χ0v) is 11.1. The van der Waals surface area contributed by atoms with Crippen LogP contribution >= 0.6 is 11.8 Å². The molecular formula is C10H12N5O2S+. The van der Waals surface area contributed by atoms with Gasteiger partial charge in [0.05, 0.1) is 25.9 Å². The molecule has 0 aromatic rings. The molecule has 0 bridgehead atoms. The lowest BCUT2D eigenvalue weighted by Gasteiger charge is -2.27. The number of imide groups is 1. The highest BCUT2D eigenvalue weighted by atomic mass is 32.2. The minimum Gasteiger partial charge on any atom is -0.269 e. The van der Waals surface area contributed by atoms with Gasteiger partial charge in [0.15, 0.2) is 0 Å². The van der Waals surface area contributed by atoms with E-state index in [0.29, 0.717) is 11.0 Å². The zero-order valence-electron chi connectivity index (χ0n) is 10.2. The number of amidine groups is 2. The number of rotatable bonds is 1. The van der Waals surface area contributed by atoms with Crippen LogP contribution in [0.3, 0.4) is 0 Å². The van der Waals surface area contributed by atoms with E-state index in [1.807, 2.05) is 6.07 Å². The topological polar surface area (TPSA) is 79.8 Å². The largest absolute Gasteiger partial charge is 0.388 e. The fraction of sp³-hybridized carbons (Fsp3) is 0.500. The van der Waals surface area contributed by atoms with Gasteiger partial charge in [-0.2, -0.15) is 5.26 Å². The second kappa shape index (κ2) is 4.42. The fourth-order valence-electron chi connectivity index (χ4n) is 1.94. The van der Waals surface area contributed by atoms with Gasteiger partial charge < -0.3 is 0 Å². The minimum absolute atomic E-state index is 0.255. The molecule has 0 N–H and O–H groups in total. The molecule has 1 fully saturated rings. The number of nitriles is 1. The summed E-state index contributed by atoms with van der Waals surface area (Å²) in [5.41, 5.74) is 0. The monoisotopic (exact) mass is 266 g/mol. The molecule has 0 radical (unpaired) electrons. The first-order valence-corrected chi connectivity index (χ1v) is 6.21. The summed E-state index contributed by atoms with van der Waals surface area (Å²) in [6.45, 7) is 0. The smallest absolute Gasteiger partial charge is 0.269 e. The Bertz CT molecular complexity index is 533. The Morgan fingerprint density at radius 1 is 1.44 bits per heavy atom. The maximum Gasteiger partial charge on any atom is 0.388 e. The second-order valence-electron chi connectivity index (χ2n) is 3.92. The maximum atomic E-state index is 12.0. The predicted octanol–water partition coefficient (Wildman–Crippen LogP) is -0.454. The Balaban J connectivity index is 2.39. The maximum absolute atomic E-state index is 12.0. The van der Waals surface area contributed by atoms with Crippen LogP contribution in [0.25, 0.3) is 0 Å². The molecule has 2 heterocycles. The average Bonchev–Trinajstić information content (AvgIpc) is 2.69. The fourth-order valence-corrected chi connectivity index (χ4v) is 2.60. The molecule has 1 atom stereocenters. The first kappa shape index (κ1) is 12.6. The lowest BCUT2D eigenvalue weighted by Crippen LogP contribution is -2.59. The second-order valence-corrected chi connectivity index (χ2v) is 4.86. The standard InChI is InChI=1S/C10H12N5O2S/c1-13-7-6(12-9(13)18-5-4-11)8(16)15(3)10(17)14(7)2/h6H,5H2,1-3H3/q+1. The van der Waals surface area contributed by atoms with Crippen LogP contribution in [0, 0.1) is 11.3 Å². The van der Waals surface area contributed by atoms with Gasteiger partial charge >= 0.3 is 6.03 Å². The minimum atomic E-state index is -0.677. The van der Waals surface area contributed by atoms with Crippen molar-refractivity contribution in [3.63, 3.8) is 0 Å². The molecule has 2 aliphatic rings. The Morgan fingerprint density at radius 2 is 2.11 bits per heavy atom. The van der Waals surface area contributed by atoms with Crippen LogP contribution in [0.5, 0.6) is 0 Å². The summed E-state index contributed by atoms with van der Waals surface area (Å²) in [6.07, 6.45) is 0. The third-order valence-electron chi connectivity index (χ3n) is 2.86. The molecule has 0 spiro atoms. The van der Waals surface area contributed by atoms with Crippen LogP contribution < -0.4 is 0 Å². The Morgan fingerprint density at radius 3 is 2.72 bits per heavy atom. The van der Waals surface area contributed by atoms with E-state index in [-0.39, 0.29) is 17.7 Å². The number of hydrogen-bond acceptors (Lipinski definition) is 5. The summed E-state index contributed by atoms with van der Waals surface area (Å²) < 4.78 is 1.69.